The summed E-state index contributed by atoms with van der Waals surface area (Å²) in [6, 6.07) is 0. The normalized spacial score (nSPS) is 11.2. The Morgan fingerprint density at radius 2 is 2.12 bits per heavy atom. The van der Waals surface area contributed by atoms with Gasteiger partial charge in [-0.1, -0.05) is 0 Å². The van der Waals surface area contributed by atoms with Crippen molar-refractivity contribution < 1.29 is 0 Å². The van der Waals surface area contributed by atoms with Crippen molar-refractivity contribution in [3.8, 4) is 0 Å². The van der Waals surface area contributed by atoms with Crippen molar-refractivity contribution in [2.24, 2.45) is 0 Å². The third kappa shape index (κ3) is 6.85. The van der Waals surface area contributed by atoms with Crippen molar-refractivity contribution in [1.82, 2.24) is 0 Å². The van der Waals surface area contributed by atoms with Crippen LogP contribution in [0, 0.1) is 0 Å². The first-order valence-electron chi connectivity index (χ1n) is 3.18. The predicted molar refractivity (Wildman–Crippen MR) is 42.4 cm³/mol. The maximum atomic E-state index is 5.51. The fourth-order valence-corrected chi connectivity index (χ4v) is 3.26. The summed E-state index contributed by atoms with van der Waals surface area (Å²) in [5.74, 6) is 0.893. The van der Waals surface area contributed by atoms with E-state index in [1.165, 1.54) is 23.3 Å². The molecule has 0 saturated carbocycles. The Hall–Kier alpha value is 0.848. The van der Waals surface area contributed by atoms with Gasteiger partial charge in [-0.05, 0) is 0 Å². The van der Waals surface area contributed by atoms with E-state index in [0.29, 0.717) is 15.8 Å². The first-order valence-corrected chi connectivity index (χ1v) is 6.68. The van der Waals surface area contributed by atoms with Crippen molar-refractivity contribution in [3.63, 3.8) is 0 Å². The second-order valence-corrected chi connectivity index (χ2v) is 5.32. The summed E-state index contributed by atoms with van der Waals surface area (Å²) in [7, 11) is 0. The fourth-order valence-electron chi connectivity index (χ4n) is 0.494. The van der Waals surface area contributed by atoms with Crippen LogP contribution < -0.4 is 0 Å². The average molecular weight is 197 g/mol. The molecule has 0 heterocycles. The third-order valence-corrected chi connectivity index (χ3v) is 4.58. The molecule has 0 aromatic heterocycles. The van der Waals surface area contributed by atoms with Crippen LogP contribution in [0.1, 0.15) is 19.8 Å². The van der Waals surface area contributed by atoms with Crippen LogP contribution in [0.5, 0.6) is 0 Å². The van der Waals surface area contributed by atoms with Crippen LogP contribution in [0.15, 0.2) is 0 Å². The Morgan fingerprint density at radius 1 is 1.38 bits per heavy atom. The van der Waals surface area contributed by atoms with Gasteiger partial charge < -0.3 is 0 Å². The second-order valence-electron chi connectivity index (χ2n) is 1.79. The number of unbranched alkanes of at least 4 members (excludes halogenated alkanes) is 1. The summed E-state index contributed by atoms with van der Waals surface area (Å²) in [5, 5.41) is 2.81. The first kappa shape index (κ1) is 8.85. The summed E-state index contributed by atoms with van der Waals surface area (Å²) >= 11 is 5.88. The predicted octanol–water partition coefficient (Wildman–Crippen LogP) is 2.30. The molecule has 0 bridgehead atoms. The molecule has 0 rings (SSSR count). The van der Waals surface area contributed by atoms with E-state index in [-0.39, 0.29) is 0 Å². The number of rotatable bonds is 5. The topological polar surface area (TPSA) is 0 Å². The van der Waals surface area contributed by atoms with Gasteiger partial charge in [0.1, 0.15) is 0 Å². The summed E-state index contributed by atoms with van der Waals surface area (Å²) in [4.78, 5) is 0. The molecule has 0 aromatic carbocycles. The van der Waals surface area contributed by atoms with Crippen molar-refractivity contribution in [2.75, 3.05) is 5.88 Å². The molecular formula is C6H14AsCl. The summed E-state index contributed by atoms with van der Waals surface area (Å²) < 4.78 is 0. The summed E-state index contributed by atoms with van der Waals surface area (Å²) in [6.45, 7) is 2.24. The van der Waals surface area contributed by atoms with E-state index < -0.39 is 0 Å². The molecule has 0 aliphatic rings. The van der Waals surface area contributed by atoms with Crippen LogP contribution in [0.2, 0.25) is 10.4 Å². The van der Waals surface area contributed by atoms with E-state index in [9.17, 15) is 0 Å². The van der Waals surface area contributed by atoms with Crippen LogP contribution in [-0.2, 0) is 0 Å². The van der Waals surface area contributed by atoms with E-state index in [0.717, 1.165) is 5.88 Å². The average Bonchev–Trinajstić information content (AvgIpc) is 1.81. The van der Waals surface area contributed by atoms with Crippen LogP contribution in [0.4, 0.5) is 0 Å². The van der Waals surface area contributed by atoms with Gasteiger partial charge >= 0.3 is 63.4 Å². The molecule has 50 valence electrons. The van der Waals surface area contributed by atoms with E-state index in [4.69, 9.17) is 11.6 Å². The zero-order valence-electron chi connectivity index (χ0n) is 5.41. The van der Waals surface area contributed by atoms with Crippen molar-refractivity contribution >= 4 is 27.4 Å². The van der Waals surface area contributed by atoms with Gasteiger partial charge in [0.05, 0.1) is 0 Å². The molecule has 0 spiro atoms. The second kappa shape index (κ2) is 7.85. The van der Waals surface area contributed by atoms with E-state index in [1.807, 2.05) is 0 Å². The molecule has 0 aliphatic carbocycles. The van der Waals surface area contributed by atoms with E-state index in [1.54, 1.807) is 0 Å². The summed E-state index contributed by atoms with van der Waals surface area (Å²) in [6.07, 6.45) is 2.78. The summed E-state index contributed by atoms with van der Waals surface area (Å²) in [5.41, 5.74) is 0. The van der Waals surface area contributed by atoms with Crippen molar-refractivity contribution in [3.05, 3.63) is 0 Å². The molecular weight excluding hydrogens is 182 g/mol. The Bertz CT molecular complexity index is 33.5. The number of alkyl halides is 1. The standard InChI is InChI=1S/C6H14AsCl/c1-2-3-4-7-5-6-8/h7H,2-6H2,1H3. The number of hydrogen-bond acceptors (Lipinski definition) is 0. The zero-order valence-corrected chi connectivity index (χ0v) is 8.27. The monoisotopic (exact) mass is 196 g/mol. The molecule has 2 heteroatoms. The van der Waals surface area contributed by atoms with E-state index >= 15 is 0 Å². The molecule has 0 amide bonds. The molecule has 0 fully saturated rings. The Morgan fingerprint density at radius 3 is 2.62 bits per heavy atom. The van der Waals surface area contributed by atoms with Gasteiger partial charge in [-0.25, -0.2) is 0 Å². The number of halogens is 1. The molecule has 1 atom stereocenters. The molecule has 0 saturated heterocycles. The Kier molecular flexibility index (Phi) is 8.68. The Labute approximate surface area is 63.7 Å². The van der Waals surface area contributed by atoms with Gasteiger partial charge in [0.15, 0.2) is 0 Å². The maximum absolute atomic E-state index is 5.51. The molecule has 0 aliphatic heterocycles. The SMILES string of the molecule is CCCC[AsH]CCCl. The zero-order chi connectivity index (χ0) is 6.24. The minimum atomic E-state index is 0.373. The quantitative estimate of drug-likeness (QED) is 0.360. The van der Waals surface area contributed by atoms with Crippen LogP contribution in [0.3, 0.4) is 0 Å². The first-order chi connectivity index (χ1) is 3.91. The molecule has 1 unspecified atom stereocenters. The van der Waals surface area contributed by atoms with Crippen LogP contribution in [0.25, 0.3) is 0 Å². The molecule has 0 nitrogen and oxygen atoms in total. The van der Waals surface area contributed by atoms with Crippen LogP contribution in [-0.4, -0.2) is 21.6 Å². The van der Waals surface area contributed by atoms with Crippen molar-refractivity contribution in [2.45, 2.75) is 30.2 Å². The Balaban J connectivity index is 2.53. The molecule has 0 aromatic rings. The van der Waals surface area contributed by atoms with Crippen LogP contribution >= 0.6 is 11.6 Å². The third-order valence-electron chi connectivity index (χ3n) is 0.978. The van der Waals surface area contributed by atoms with Gasteiger partial charge in [0.25, 0.3) is 0 Å². The molecule has 8 heavy (non-hydrogen) atoms. The van der Waals surface area contributed by atoms with Gasteiger partial charge in [-0.15, -0.1) is 0 Å². The van der Waals surface area contributed by atoms with Gasteiger partial charge in [0, 0.05) is 0 Å². The number of hydrogen-bond donors (Lipinski definition) is 0. The van der Waals surface area contributed by atoms with Gasteiger partial charge in [-0.2, -0.15) is 0 Å². The molecule has 0 radical (unpaired) electrons. The van der Waals surface area contributed by atoms with Gasteiger partial charge in [-0.3, -0.25) is 0 Å². The minimum absolute atomic E-state index is 0.373. The van der Waals surface area contributed by atoms with Gasteiger partial charge in [0.2, 0.25) is 0 Å². The van der Waals surface area contributed by atoms with Crippen molar-refractivity contribution in [1.29, 1.82) is 0 Å². The fraction of sp³-hybridized carbons (Fsp3) is 1.00. The molecule has 0 N–H and O–H groups in total. The van der Waals surface area contributed by atoms with E-state index in [2.05, 4.69) is 6.92 Å².